The summed E-state index contributed by atoms with van der Waals surface area (Å²) in [5, 5.41) is 3.46. The molecule has 0 saturated carbocycles. The topological polar surface area (TPSA) is 64.1 Å². The Hall–Kier alpha value is -1.40. The molecule has 21 heavy (non-hydrogen) atoms. The smallest absolute Gasteiger partial charge is 0.413 e. The number of thiazole rings is 1. The van der Waals surface area contributed by atoms with Crippen molar-refractivity contribution in [3.63, 3.8) is 0 Å². The summed E-state index contributed by atoms with van der Waals surface area (Å²) in [6, 6.07) is 1.74. The van der Waals surface area contributed by atoms with Crippen LogP contribution >= 0.6 is 22.9 Å². The number of aryl methyl sites for hydroxylation is 1. The molecule has 2 aromatic rings. The van der Waals surface area contributed by atoms with Gasteiger partial charge in [0, 0.05) is 0 Å². The molecule has 0 atom stereocenters. The number of anilines is 1. The van der Waals surface area contributed by atoms with Crippen LogP contribution in [-0.2, 0) is 4.74 Å². The Kier molecular flexibility index (Phi) is 5.92. The second-order valence-electron chi connectivity index (χ2n) is 5.06. The molecule has 2 rings (SSSR count). The van der Waals surface area contributed by atoms with Crippen molar-refractivity contribution in [2.45, 2.75) is 47.1 Å². The highest BCUT2D eigenvalue weighted by atomic mass is 35.5. The van der Waals surface area contributed by atoms with E-state index in [0.717, 1.165) is 11.1 Å². The Balaban J connectivity index is 0.00000106. The maximum atomic E-state index is 11.6. The summed E-state index contributed by atoms with van der Waals surface area (Å²) >= 11 is 7.14. The Bertz CT molecular complexity index is 635. The summed E-state index contributed by atoms with van der Waals surface area (Å²) in [7, 11) is 0. The highest BCUT2D eigenvalue weighted by Crippen LogP contribution is 2.28. The number of hydrogen-bond acceptors (Lipinski definition) is 5. The summed E-state index contributed by atoms with van der Waals surface area (Å²) in [6.45, 7) is 11.3. The quantitative estimate of drug-likeness (QED) is 0.745. The van der Waals surface area contributed by atoms with Gasteiger partial charge in [0.2, 0.25) is 0 Å². The molecule has 0 unspecified atom stereocenters. The first kappa shape index (κ1) is 17.7. The number of carbonyl (C=O) groups is 1. The highest BCUT2D eigenvalue weighted by molar-refractivity contribution is 7.22. The molecule has 0 aromatic carbocycles. The van der Waals surface area contributed by atoms with Crippen LogP contribution in [0, 0.1) is 6.92 Å². The van der Waals surface area contributed by atoms with E-state index in [1.165, 1.54) is 11.3 Å². The second-order valence-corrected chi connectivity index (χ2v) is 6.43. The van der Waals surface area contributed by atoms with Crippen molar-refractivity contribution < 1.29 is 9.53 Å². The third-order valence-electron chi connectivity index (χ3n) is 2.13. The number of hydrogen-bond donors (Lipinski definition) is 1. The third kappa shape index (κ3) is 5.13. The highest BCUT2D eigenvalue weighted by Gasteiger charge is 2.18. The lowest BCUT2D eigenvalue weighted by Crippen LogP contribution is -2.27. The van der Waals surface area contributed by atoms with E-state index in [4.69, 9.17) is 16.3 Å². The van der Waals surface area contributed by atoms with Gasteiger partial charge in [0.15, 0.2) is 5.13 Å². The van der Waals surface area contributed by atoms with Crippen LogP contribution in [0.4, 0.5) is 9.93 Å². The molecule has 0 fully saturated rings. The number of nitrogens with zero attached hydrogens (tertiary/aromatic N) is 2. The van der Waals surface area contributed by atoms with E-state index in [1.54, 1.807) is 26.8 Å². The number of rotatable bonds is 1. The van der Waals surface area contributed by atoms with Gasteiger partial charge in [-0.25, -0.2) is 14.8 Å². The van der Waals surface area contributed by atoms with Crippen LogP contribution in [0.1, 0.15) is 40.2 Å². The van der Waals surface area contributed by atoms with Gasteiger partial charge in [0.1, 0.15) is 21.1 Å². The predicted molar refractivity (Wildman–Crippen MR) is 88.4 cm³/mol. The molecule has 5 nitrogen and oxygen atoms in total. The maximum absolute atomic E-state index is 11.6. The predicted octanol–water partition coefficient (Wildman–Crippen LogP) is 5.03. The van der Waals surface area contributed by atoms with Crippen molar-refractivity contribution in [1.82, 2.24) is 9.97 Å². The van der Waals surface area contributed by atoms with Crippen LogP contribution in [0.3, 0.4) is 0 Å². The molecule has 0 aliphatic rings. The van der Waals surface area contributed by atoms with Crippen molar-refractivity contribution in [1.29, 1.82) is 0 Å². The standard InChI is InChI=1S/C12H14ClN3O2S.C2H6/c1-6-5-7(13)14-9-8(6)15-10(19-9)16-11(17)18-12(2,3)4;1-2/h5H,1-4H3,(H,15,16,17);1-2H3. The van der Waals surface area contributed by atoms with E-state index >= 15 is 0 Å². The number of carbonyl (C=O) groups excluding carboxylic acids is 1. The summed E-state index contributed by atoms with van der Waals surface area (Å²) in [6.07, 6.45) is -0.532. The SMILES string of the molecule is CC.Cc1cc(Cl)nc2sc(NC(=O)OC(C)(C)C)nc12. The number of halogens is 1. The molecule has 0 aliphatic heterocycles. The lowest BCUT2D eigenvalue weighted by molar-refractivity contribution is 0.0636. The zero-order valence-corrected chi connectivity index (χ0v) is 14.6. The molecule has 0 aliphatic carbocycles. The number of amides is 1. The van der Waals surface area contributed by atoms with E-state index in [0.29, 0.717) is 15.1 Å². The van der Waals surface area contributed by atoms with Crippen molar-refractivity contribution in [2.75, 3.05) is 5.32 Å². The van der Waals surface area contributed by atoms with Gasteiger partial charge in [0.05, 0.1) is 0 Å². The molecule has 0 bridgehead atoms. The average molecular weight is 330 g/mol. The normalized spacial score (nSPS) is 10.8. The molecule has 0 saturated heterocycles. The Morgan fingerprint density at radius 1 is 1.33 bits per heavy atom. The van der Waals surface area contributed by atoms with E-state index in [9.17, 15) is 4.79 Å². The maximum Gasteiger partial charge on any atom is 0.413 e. The van der Waals surface area contributed by atoms with E-state index in [2.05, 4.69) is 15.3 Å². The van der Waals surface area contributed by atoms with Gasteiger partial charge in [-0.1, -0.05) is 36.8 Å². The monoisotopic (exact) mass is 329 g/mol. The van der Waals surface area contributed by atoms with Gasteiger partial charge in [-0.15, -0.1) is 0 Å². The zero-order chi connectivity index (χ0) is 16.2. The number of aromatic nitrogens is 2. The summed E-state index contributed by atoms with van der Waals surface area (Å²) in [4.78, 5) is 20.8. The number of pyridine rings is 1. The van der Waals surface area contributed by atoms with Crippen molar-refractivity contribution in [2.24, 2.45) is 0 Å². The van der Waals surface area contributed by atoms with Gasteiger partial charge in [-0.2, -0.15) is 0 Å². The van der Waals surface area contributed by atoms with Crippen LogP contribution in [0.15, 0.2) is 6.07 Å². The van der Waals surface area contributed by atoms with Crippen molar-refractivity contribution in [3.8, 4) is 0 Å². The van der Waals surface area contributed by atoms with E-state index in [1.807, 2.05) is 20.8 Å². The minimum absolute atomic E-state index is 0.414. The van der Waals surface area contributed by atoms with Gasteiger partial charge >= 0.3 is 6.09 Å². The molecule has 1 amide bonds. The number of nitrogens with one attached hydrogen (secondary N) is 1. The van der Waals surface area contributed by atoms with Crippen molar-refractivity contribution >= 4 is 44.5 Å². The van der Waals surface area contributed by atoms with Crippen LogP contribution in [0.25, 0.3) is 10.3 Å². The Morgan fingerprint density at radius 2 is 1.95 bits per heavy atom. The molecule has 0 spiro atoms. The molecular formula is C14H20ClN3O2S. The first-order valence-electron chi connectivity index (χ1n) is 6.68. The summed E-state index contributed by atoms with van der Waals surface area (Å²) in [5.74, 6) is 0. The molecule has 2 aromatic heterocycles. The second kappa shape index (κ2) is 7.04. The average Bonchev–Trinajstić information content (AvgIpc) is 2.71. The molecule has 0 radical (unpaired) electrons. The first-order valence-corrected chi connectivity index (χ1v) is 7.88. The summed E-state index contributed by atoms with van der Waals surface area (Å²) < 4.78 is 5.16. The van der Waals surface area contributed by atoms with Crippen LogP contribution in [0.5, 0.6) is 0 Å². The van der Waals surface area contributed by atoms with Gasteiger partial charge < -0.3 is 4.74 Å². The molecule has 2 heterocycles. The molecular weight excluding hydrogens is 310 g/mol. The fourth-order valence-electron chi connectivity index (χ4n) is 1.47. The fourth-order valence-corrected chi connectivity index (χ4v) is 2.67. The Morgan fingerprint density at radius 3 is 2.52 bits per heavy atom. The minimum atomic E-state index is -0.543. The zero-order valence-electron chi connectivity index (χ0n) is 13.1. The minimum Gasteiger partial charge on any atom is -0.444 e. The lowest BCUT2D eigenvalue weighted by Gasteiger charge is -2.18. The van der Waals surface area contributed by atoms with E-state index in [-0.39, 0.29) is 0 Å². The van der Waals surface area contributed by atoms with Crippen LogP contribution in [-0.4, -0.2) is 21.7 Å². The van der Waals surface area contributed by atoms with Gasteiger partial charge in [-0.3, -0.25) is 5.32 Å². The van der Waals surface area contributed by atoms with E-state index < -0.39 is 11.7 Å². The van der Waals surface area contributed by atoms with Crippen LogP contribution in [0.2, 0.25) is 5.15 Å². The number of ether oxygens (including phenoxy) is 1. The van der Waals surface area contributed by atoms with Crippen molar-refractivity contribution in [3.05, 3.63) is 16.8 Å². The first-order chi connectivity index (χ1) is 9.74. The Labute approximate surface area is 133 Å². The molecule has 1 N–H and O–H groups in total. The largest absolute Gasteiger partial charge is 0.444 e. The fraction of sp³-hybridized carbons (Fsp3) is 0.500. The summed E-state index contributed by atoms with van der Waals surface area (Å²) in [5.41, 5.74) is 1.11. The van der Waals surface area contributed by atoms with Gasteiger partial charge in [-0.05, 0) is 39.3 Å². The third-order valence-corrected chi connectivity index (χ3v) is 3.19. The molecule has 7 heteroatoms. The van der Waals surface area contributed by atoms with Gasteiger partial charge in [0.25, 0.3) is 0 Å². The lowest BCUT2D eigenvalue weighted by atomic mass is 10.2. The molecule has 116 valence electrons. The number of fused-ring (bicyclic) bond motifs is 1. The van der Waals surface area contributed by atoms with Crippen LogP contribution < -0.4 is 5.32 Å².